The van der Waals surface area contributed by atoms with Gasteiger partial charge in [-0.05, 0) is 19.8 Å². The lowest BCUT2D eigenvalue weighted by atomic mass is 10.1. The lowest BCUT2D eigenvalue weighted by molar-refractivity contribution is -0.154. The van der Waals surface area contributed by atoms with E-state index in [1.54, 1.807) is 6.92 Å². The Kier molecular flexibility index (Phi) is 5.11. The van der Waals surface area contributed by atoms with Crippen LogP contribution in [0.4, 0.5) is 0 Å². The van der Waals surface area contributed by atoms with Crippen molar-refractivity contribution < 1.29 is 14.3 Å². The first kappa shape index (κ1) is 11.9. The summed E-state index contributed by atoms with van der Waals surface area (Å²) in [6, 6.07) is -0.0168. The summed E-state index contributed by atoms with van der Waals surface area (Å²) in [5.74, 6) is -1.17. The van der Waals surface area contributed by atoms with Gasteiger partial charge in [-0.3, -0.25) is 4.79 Å². The fourth-order valence-corrected chi connectivity index (χ4v) is 0.629. The van der Waals surface area contributed by atoms with Crippen LogP contribution >= 0.6 is 0 Å². The summed E-state index contributed by atoms with van der Waals surface area (Å²) in [7, 11) is 0. The number of nitrogens with one attached hydrogen (secondary N) is 1. The molecule has 0 spiro atoms. The monoisotopic (exact) mass is 187 g/mol. The van der Waals surface area contributed by atoms with Gasteiger partial charge in [-0.2, -0.15) is 0 Å². The fraction of sp³-hybridized carbons (Fsp3) is 0.778. The molecule has 0 bridgehead atoms. The summed E-state index contributed by atoms with van der Waals surface area (Å²) in [4.78, 5) is 21.9. The zero-order chi connectivity index (χ0) is 10.4. The molecule has 4 nitrogen and oxygen atoms in total. The van der Waals surface area contributed by atoms with Gasteiger partial charge in [0.05, 0.1) is 6.61 Å². The number of carbonyl (C=O) groups excluding carboxylic acids is 2. The summed E-state index contributed by atoms with van der Waals surface area (Å²) in [6.45, 7) is 7.67. The molecule has 0 aliphatic carbocycles. The fourth-order valence-electron chi connectivity index (χ4n) is 0.629. The molecular formula is C9H17NO3. The van der Waals surface area contributed by atoms with Crippen molar-refractivity contribution in [2.75, 3.05) is 6.61 Å². The van der Waals surface area contributed by atoms with Crippen molar-refractivity contribution >= 4 is 11.9 Å². The first-order valence-corrected chi connectivity index (χ1v) is 4.46. The van der Waals surface area contributed by atoms with Gasteiger partial charge in [0, 0.05) is 6.04 Å². The van der Waals surface area contributed by atoms with E-state index < -0.39 is 11.9 Å². The predicted molar refractivity (Wildman–Crippen MR) is 49.1 cm³/mol. The molecule has 0 aromatic heterocycles. The average Bonchev–Trinajstić information content (AvgIpc) is 2.04. The van der Waals surface area contributed by atoms with Crippen LogP contribution < -0.4 is 5.32 Å². The molecule has 76 valence electrons. The normalized spacial score (nSPS) is 12.4. The number of ether oxygens (including phenoxy) is 1. The highest BCUT2D eigenvalue weighted by Crippen LogP contribution is 1.99. The number of hydrogen-bond acceptors (Lipinski definition) is 3. The maximum absolute atomic E-state index is 11.1. The van der Waals surface area contributed by atoms with Gasteiger partial charge >= 0.3 is 11.9 Å². The second kappa shape index (κ2) is 5.56. The quantitative estimate of drug-likeness (QED) is 0.523. The molecule has 1 amide bonds. The molecule has 1 atom stereocenters. The Hall–Kier alpha value is -1.06. The zero-order valence-corrected chi connectivity index (χ0v) is 8.59. The highest BCUT2D eigenvalue weighted by atomic mass is 16.5. The molecule has 0 aliphatic heterocycles. The van der Waals surface area contributed by atoms with E-state index in [0.29, 0.717) is 5.92 Å². The second-order valence-corrected chi connectivity index (χ2v) is 3.23. The van der Waals surface area contributed by atoms with Crippen LogP contribution in [0.5, 0.6) is 0 Å². The largest absolute Gasteiger partial charge is 0.459 e. The van der Waals surface area contributed by atoms with Crippen LogP contribution in [-0.4, -0.2) is 24.5 Å². The molecule has 0 aromatic rings. The van der Waals surface area contributed by atoms with Gasteiger partial charge in [0.25, 0.3) is 0 Å². The van der Waals surface area contributed by atoms with Crippen molar-refractivity contribution in [3.05, 3.63) is 0 Å². The summed E-state index contributed by atoms with van der Waals surface area (Å²) in [6.07, 6.45) is 0. The van der Waals surface area contributed by atoms with E-state index in [4.69, 9.17) is 0 Å². The number of rotatable bonds is 3. The smallest absolute Gasteiger partial charge is 0.396 e. The standard InChI is InChI=1S/C9H17NO3/c1-5-13-9(12)8(11)10-7(4)6(2)3/h6-7H,5H2,1-4H3,(H,10,11)/t7-/m1/s1. The molecule has 4 heteroatoms. The summed E-state index contributed by atoms with van der Waals surface area (Å²) in [5.41, 5.74) is 0. The van der Waals surface area contributed by atoms with Crippen LogP contribution in [0.3, 0.4) is 0 Å². The van der Waals surface area contributed by atoms with E-state index in [1.165, 1.54) is 0 Å². The summed E-state index contributed by atoms with van der Waals surface area (Å²) < 4.78 is 4.53. The van der Waals surface area contributed by atoms with Gasteiger partial charge in [0.2, 0.25) is 0 Å². The molecule has 0 saturated heterocycles. The Bertz CT molecular complexity index is 189. The lowest BCUT2D eigenvalue weighted by Gasteiger charge is -2.16. The van der Waals surface area contributed by atoms with E-state index in [0.717, 1.165) is 0 Å². The van der Waals surface area contributed by atoms with E-state index in [-0.39, 0.29) is 12.6 Å². The third-order valence-corrected chi connectivity index (χ3v) is 1.82. The van der Waals surface area contributed by atoms with Crippen molar-refractivity contribution in [2.24, 2.45) is 5.92 Å². The molecule has 0 saturated carbocycles. The molecular weight excluding hydrogens is 170 g/mol. The van der Waals surface area contributed by atoms with E-state index in [2.05, 4.69) is 10.1 Å². The lowest BCUT2D eigenvalue weighted by Crippen LogP contribution is -2.41. The Morgan fingerprint density at radius 3 is 2.23 bits per heavy atom. The van der Waals surface area contributed by atoms with Crippen LogP contribution in [0.15, 0.2) is 0 Å². The number of esters is 1. The first-order chi connectivity index (χ1) is 5.99. The van der Waals surface area contributed by atoms with Crippen molar-refractivity contribution in [3.8, 4) is 0 Å². The molecule has 0 aliphatic rings. The molecule has 0 radical (unpaired) electrons. The zero-order valence-electron chi connectivity index (χ0n) is 8.59. The van der Waals surface area contributed by atoms with Crippen molar-refractivity contribution in [1.29, 1.82) is 0 Å². The minimum absolute atomic E-state index is 0.0168. The highest BCUT2D eigenvalue weighted by molar-refractivity contribution is 6.32. The topological polar surface area (TPSA) is 55.4 Å². The Balaban J connectivity index is 3.93. The van der Waals surface area contributed by atoms with Crippen molar-refractivity contribution in [2.45, 2.75) is 33.7 Å². The minimum Gasteiger partial charge on any atom is -0.459 e. The number of hydrogen-bond donors (Lipinski definition) is 1. The molecule has 0 fully saturated rings. The molecule has 0 heterocycles. The first-order valence-electron chi connectivity index (χ1n) is 4.46. The summed E-state index contributed by atoms with van der Waals surface area (Å²) in [5, 5.41) is 2.55. The average molecular weight is 187 g/mol. The second-order valence-electron chi connectivity index (χ2n) is 3.23. The Labute approximate surface area is 78.6 Å². The van der Waals surface area contributed by atoms with E-state index in [9.17, 15) is 9.59 Å². The van der Waals surface area contributed by atoms with Crippen LogP contribution in [0.1, 0.15) is 27.7 Å². The molecule has 13 heavy (non-hydrogen) atoms. The van der Waals surface area contributed by atoms with Gasteiger partial charge in [0.1, 0.15) is 0 Å². The predicted octanol–water partition coefficient (Wildman–Crippen LogP) is 0.710. The van der Waals surface area contributed by atoms with Gasteiger partial charge in [-0.15, -0.1) is 0 Å². The number of amides is 1. The SMILES string of the molecule is CCOC(=O)C(=O)N[C@H](C)C(C)C. The third kappa shape index (κ3) is 4.50. The van der Waals surface area contributed by atoms with Crippen molar-refractivity contribution in [1.82, 2.24) is 5.32 Å². The highest BCUT2D eigenvalue weighted by Gasteiger charge is 2.18. The van der Waals surface area contributed by atoms with Crippen LogP contribution in [0.25, 0.3) is 0 Å². The van der Waals surface area contributed by atoms with Gasteiger partial charge in [-0.1, -0.05) is 13.8 Å². The maximum Gasteiger partial charge on any atom is 0.396 e. The Morgan fingerprint density at radius 2 is 1.85 bits per heavy atom. The van der Waals surface area contributed by atoms with Crippen LogP contribution in [-0.2, 0) is 14.3 Å². The van der Waals surface area contributed by atoms with Gasteiger partial charge in [-0.25, -0.2) is 4.79 Å². The summed E-state index contributed by atoms with van der Waals surface area (Å²) >= 11 is 0. The molecule has 1 N–H and O–H groups in total. The van der Waals surface area contributed by atoms with Crippen LogP contribution in [0, 0.1) is 5.92 Å². The Morgan fingerprint density at radius 1 is 1.31 bits per heavy atom. The molecule has 0 aromatic carbocycles. The van der Waals surface area contributed by atoms with Crippen molar-refractivity contribution in [3.63, 3.8) is 0 Å². The molecule has 0 unspecified atom stereocenters. The maximum atomic E-state index is 11.1. The van der Waals surface area contributed by atoms with Gasteiger partial charge < -0.3 is 10.1 Å². The van der Waals surface area contributed by atoms with E-state index >= 15 is 0 Å². The third-order valence-electron chi connectivity index (χ3n) is 1.82. The number of carbonyl (C=O) groups is 2. The van der Waals surface area contributed by atoms with Crippen LogP contribution in [0.2, 0.25) is 0 Å². The minimum atomic E-state index is -0.810. The molecule has 0 rings (SSSR count). The van der Waals surface area contributed by atoms with Gasteiger partial charge in [0.15, 0.2) is 0 Å². The van der Waals surface area contributed by atoms with E-state index in [1.807, 2.05) is 20.8 Å².